The van der Waals surface area contributed by atoms with Crippen molar-refractivity contribution in [3.05, 3.63) is 0 Å². The van der Waals surface area contributed by atoms with Gasteiger partial charge in [-0.3, -0.25) is 0 Å². The molecule has 0 heterocycles. The maximum atomic E-state index is 8.35. The average molecular weight is 158 g/mol. The maximum absolute atomic E-state index is 8.35. The quantitative estimate of drug-likeness (QED) is 0.496. The second-order valence-corrected chi connectivity index (χ2v) is 7.61. The summed E-state index contributed by atoms with van der Waals surface area (Å²) in [6, 6.07) is 1.81. The summed E-state index contributed by atoms with van der Waals surface area (Å²) in [6.07, 6.45) is 0. The molecule has 0 saturated heterocycles. The Bertz CT molecular complexity index is 136. The van der Waals surface area contributed by atoms with Crippen molar-refractivity contribution in [2.24, 2.45) is 0 Å². The lowest BCUT2D eigenvalue weighted by atomic mass is 10.4. The first-order valence-corrected chi connectivity index (χ1v) is 6.69. The van der Waals surface area contributed by atoms with Crippen molar-refractivity contribution in [1.82, 2.24) is 5.48 Å². The van der Waals surface area contributed by atoms with Crippen molar-refractivity contribution in [3.63, 3.8) is 0 Å². The lowest BCUT2D eigenvalue weighted by Crippen LogP contribution is -2.37. The lowest BCUT2D eigenvalue weighted by molar-refractivity contribution is 0.173. The van der Waals surface area contributed by atoms with Gasteiger partial charge in [0.25, 0.3) is 0 Å². The Balaban J connectivity index is 3.48. The first-order chi connectivity index (χ1) is 4.45. The molecule has 1 unspecified atom stereocenters. The molecule has 0 aromatic rings. The molecule has 0 spiro atoms. The second-order valence-electron chi connectivity index (χ2n) is 3.18. The summed E-state index contributed by atoms with van der Waals surface area (Å²) < 4.78 is 5.25. The van der Waals surface area contributed by atoms with Crippen LogP contribution in [-0.4, -0.2) is 14.4 Å². The Hall–Kier alpha value is -0.373. The SMILES string of the molecule is CC(C#N)NO[Si](C)(C)C. The third-order valence-corrected chi connectivity index (χ3v) is 1.47. The smallest absolute Gasteiger partial charge is 0.211 e. The van der Waals surface area contributed by atoms with E-state index >= 15 is 0 Å². The summed E-state index contributed by atoms with van der Waals surface area (Å²) in [4.78, 5) is 0. The van der Waals surface area contributed by atoms with E-state index in [9.17, 15) is 0 Å². The molecular weight excluding hydrogens is 144 g/mol. The molecule has 0 aromatic heterocycles. The van der Waals surface area contributed by atoms with E-state index in [0.29, 0.717) is 0 Å². The molecular formula is C6H14N2OSi. The lowest BCUT2D eigenvalue weighted by Gasteiger charge is -2.17. The molecule has 0 fully saturated rings. The molecule has 0 amide bonds. The van der Waals surface area contributed by atoms with E-state index in [0.717, 1.165) is 0 Å². The molecule has 0 bridgehead atoms. The molecule has 0 aromatic carbocycles. The molecule has 4 heteroatoms. The van der Waals surface area contributed by atoms with Gasteiger partial charge in [0.15, 0.2) is 0 Å². The first-order valence-electron chi connectivity index (χ1n) is 3.29. The molecule has 1 N–H and O–H groups in total. The fraction of sp³-hybridized carbons (Fsp3) is 0.833. The van der Waals surface area contributed by atoms with Crippen LogP contribution in [0.15, 0.2) is 0 Å². The minimum atomic E-state index is -1.50. The Kier molecular flexibility index (Phi) is 3.57. The maximum Gasteiger partial charge on any atom is 0.211 e. The van der Waals surface area contributed by atoms with Crippen LogP contribution in [0.25, 0.3) is 0 Å². The summed E-state index contributed by atoms with van der Waals surface area (Å²) in [6.45, 7) is 7.94. The standard InChI is InChI=1S/C6H14N2OSi/c1-6(5-7)8-9-10(2,3)4/h6,8H,1-4H3. The zero-order valence-corrected chi connectivity index (χ0v) is 7.93. The average Bonchev–Trinajstić information content (AvgIpc) is 1.81. The van der Waals surface area contributed by atoms with Crippen molar-refractivity contribution >= 4 is 8.32 Å². The van der Waals surface area contributed by atoms with E-state index in [2.05, 4.69) is 25.1 Å². The summed E-state index contributed by atoms with van der Waals surface area (Å²) in [5, 5.41) is 8.35. The Morgan fingerprint density at radius 1 is 1.50 bits per heavy atom. The summed E-state index contributed by atoms with van der Waals surface area (Å²) in [5.41, 5.74) is 2.67. The van der Waals surface area contributed by atoms with Gasteiger partial charge in [-0.1, -0.05) is 0 Å². The van der Waals surface area contributed by atoms with Gasteiger partial charge in [0, 0.05) is 0 Å². The van der Waals surface area contributed by atoms with Crippen LogP contribution >= 0.6 is 0 Å². The van der Waals surface area contributed by atoms with Crippen LogP contribution < -0.4 is 5.48 Å². The number of rotatable bonds is 3. The molecule has 58 valence electrons. The van der Waals surface area contributed by atoms with E-state index in [1.165, 1.54) is 0 Å². The Morgan fingerprint density at radius 3 is 2.30 bits per heavy atom. The number of hydrogen-bond donors (Lipinski definition) is 1. The highest BCUT2D eigenvalue weighted by atomic mass is 28.4. The zero-order chi connectivity index (χ0) is 8.20. The van der Waals surface area contributed by atoms with Crippen LogP contribution in [0.2, 0.25) is 19.6 Å². The highest BCUT2D eigenvalue weighted by molar-refractivity contribution is 6.69. The Labute approximate surface area is 63.1 Å². The highest BCUT2D eigenvalue weighted by Gasteiger charge is 2.15. The van der Waals surface area contributed by atoms with Gasteiger partial charge < -0.3 is 4.53 Å². The van der Waals surface area contributed by atoms with Crippen molar-refractivity contribution < 1.29 is 4.53 Å². The molecule has 0 aliphatic rings. The molecule has 10 heavy (non-hydrogen) atoms. The summed E-state index contributed by atoms with van der Waals surface area (Å²) >= 11 is 0. The number of nitrogens with zero attached hydrogens (tertiary/aromatic N) is 1. The van der Waals surface area contributed by atoms with Crippen LogP contribution in [0.1, 0.15) is 6.92 Å². The van der Waals surface area contributed by atoms with Gasteiger partial charge in [0.05, 0.1) is 6.07 Å². The van der Waals surface area contributed by atoms with E-state index in [1.807, 2.05) is 6.07 Å². The predicted octanol–water partition coefficient (Wildman–Crippen LogP) is 1.25. The summed E-state index contributed by atoms with van der Waals surface area (Å²) in [7, 11) is -1.50. The molecule has 1 atom stereocenters. The topological polar surface area (TPSA) is 45.0 Å². The number of hydroxylamine groups is 1. The predicted molar refractivity (Wildman–Crippen MR) is 42.6 cm³/mol. The van der Waals surface area contributed by atoms with Crippen LogP contribution in [0.3, 0.4) is 0 Å². The van der Waals surface area contributed by atoms with Gasteiger partial charge in [-0.15, -0.1) is 0 Å². The van der Waals surface area contributed by atoms with Crippen LogP contribution in [0.4, 0.5) is 0 Å². The monoisotopic (exact) mass is 158 g/mol. The summed E-state index contributed by atoms with van der Waals surface area (Å²) in [5.74, 6) is 0. The molecule has 0 radical (unpaired) electrons. The van der Waals surface area contributed by atoms with Gasteiger partial charge in [-0.25, -0.2) is 0 Å². The fourth-order valence-electron chi connectivity index (χ4n) is 0.292. The van der Waals surface area contributed by atoms with Gasteiger partial charge in [-0.2, -0.15) is 10.7 Å². The Morgan fingerprint density at radius 2 is 2.00 bits per heavy atom. The molecule has 3 nitrogen and oxygen atoms in total. The molecule has 0 saturated carbocycles. The van der Waals surface area contributed by atoms with Crippen molar-refractivity contribution in [3.8, 4) is 6.07 Å². The highest BCUT2D eigenvalue weighted by Crippen LogP contribution is 1.99. The van der Waals surface area contributed by atoms with Crippen LogP contribution in [0, 0.1) is 11.3 Å². The fourth-order valence-corrected chi connectivity index (χ4v) is 0.822. The minimum Gasteiger partial charge on any atom is -0.345 e. The van der Waals surface area contributed by atoms with Gasteiger partial charge in [0.2, 0.25) is 8.32 Å². The van der Waals surface area contributed by atoms with Gasteiger partial charge >= 0.3 is 0 Å². The third-order valence-electron chi connectivity index (χ3n) is 0.736. The van der Waals surface area contributed by atoms with Crippen molar-refractivity contribution in [1.29, 1.82) is 5.26 Å². The number of hydrogen-bond acceptors (Lipinski definition) is 3. The normalized spacial score (nSPS) is 14.3. The third kappa shape index (κ3) is 5.76. The van der Waals surface area contributed by atoms with E-state index < -0.39 is 8.32 Å². The molecule has 0 aliphatic carbocycles. The molecule has 0 aliphatic heterocycles. The van der Waals surface area contributed by atoms with E-state index in [4.69, 9.17) is 9.79 Å². The minimum absolute atomic E-state index is 0.216. The van der Waals surface area contributed by atoms with Crippen molar-refractivity contribution in [2.45, 2.75) is 32.6 Å². The van der Waals surface area contributed by atoms with Gasteiger partial charge in [-0.05, 0) is 26.6 Å². The van der Waals surface area contributed by atoms with Crippen LogP contribution in [0.5, 0.6) is 0 Å². The number of nitriles is 1. The molecule has 0 rings (SSSR count). The van der Waals surface area contributed by atoms with Crippen molar-refractivity contribution in [2.75, 3.05) is 0 Å². The van der Waals surface area contributed by atoms with E-state index in [-0.39, 0.29) is 6.04 Å². The zero-order valence-electron chi connectivity index (χ0n) is 6.93. The largest absolute Gasteiger partial charge is 0.345 e. The van der Waals surface area contributed by atoms with E-state index in [1.54, 1.807) is 6.92 Å². The first kappa shape index (κ1) is 9.63. The van der Waals surface area contributed by atoms with Gasteiger partial charge in [0.1, 0.15) is 6.04 Å². The van der Waals surface area contributed by atoms with Crippen LogP contribution in [-0.2, 0) is 4.53 Å². The number of nitrogens with one attached hydrogen (secondary N) is 1. The second kappa shape index (κ2) is 3.71.